The fraction of sp³-hybridized carbons (Fsp3) is 0.448. The summed E-state index contributed by atoms with van der Waals surface area (Å²) >= 11 is 1.70. The monoisotopic (exact) mass is 555 g/mol. The molecular formula is C29H31F2N3O4S. The minimum absolute atomic E-state index is 0.0178. The number of alkyl halides is 2. The fourth-order valence-electron chi connectivity index (χ4n) is 5.80. The summed E-state index contributed by atoms with van der Waals surface area (Å²) in [6.45, 7) is 1.79. The molecule has 7 nitrogen and oxygen atoms in total. The highest BCUT2D eigenvalue weighted by Gasteiger charge is 2.51. The molecule has 39 heavy (non-hydrogen) atoms. The molecule has 2 aliphatic heterocycles. The first-order valence-electron chi connectivity index (χ1n) is 13.4. The number of thiophene rings is 1. The van der Waals surface area contributed by atoms with Crippen LogP contribution in [0.4, 0.5) is 20.2 Å². The minimum Gasteiger partial charge on any atom is -0.423 e. The highest BCUT2D eigenvalue weighted by Crippen LogP contribution is 2.45. The van der Waals surface area contributed by atoms with Crippen LogP contribution in [0.1, 0.15) is 37.2 Å². The van der Waals surface area contributed by atoms with Crippen LogP contribution in [0.5, 0.6) is 5.75 Å². The number of piperidine rings is 1. The van der Waals surface area contributed by atoms with Gasteiger partial charge in [0.2, 0.25) is 5.91 Å². The molecule has 0 bridgehead atoms. The first kappa shape index (κ1) is 26.2. The fourth-order valence-corrected chi connectivity index (χ4v) is 6.82. The second kappa shape index (κ2) is 10.5. The minimum atomic E-state index is -3.95. The summed E-state index contributed by atoms with van der Waals surface area (Å²) in [5, 5.41) is 6.79. The number of halogens is 2. The van der Waals surface area contributed by atoms with Crippen molar-refractivity contribution in [3.05, 3.63) is 53.4 Å². The van der Waals surface area contributed by atoms with Crippen LogP contribution in [0.2, 0.25) is 0 Å². The number of hydrogen-bond acceptors (Lipinski definition) is 6. The zero-order valence-electron chi connectivity index (χ0n) is 21.7. The molecule has 1 N–H and O–H groups in total. The zero-order chi connectivity index (χ0) is 27.1. The van der Waals surface area contributed by atoms with Crippen LogP contribution < -0.4 is 19.9 Å². The number of hydrogen-bond donors (Lipinski definition) is 1. The summed E-state index contributed by atoms with van der Waals surface area (Å²) in [6.07, 6.45) is -0.958. The third-order valence-electron chi connectivity index (χ3n) is 7.83. The van der Waals surface area contributed by atoms with Crippen molar-refractivity contribution < 1.29 is 27.8 Å². The molecule has 0 radical (unpaired) electrons. The van der Waals surface area contributed by atoms with Gasteiger partial charge in [-0.15, -0.1) is 11.3 Å². The number of anilines is 2. The van der Waals surface area contributed by atoms with Crippen molar-refractivity contribution in [2.24, 2.45) is 5.92 Å². The molecular weight excluding hydrogens is 524 g/mol. The van der Waals surface area contributed by atoms with Gasteiger partial charge in [-0.25, -0.2) is 0 Å². The molecule has 1 aromatic heterocycles. The molecule has 3 aromatic rings. The molecule has 2 atom stereocenters. The summed E-state index contributed by atoms with van der Waals surface area (Å²) in [5.41, 5.74) is 2.06. The standard InChI is InChI=1S/C29H31F2N3O4S/c1-37-14-4-13-33-24-15-19(9-10-25(24)38-29(30,31)28(33)36)34(18-7-8-18)27(35)22-16-32-12-11-20(22)23-17-39-26-6-3-2-5-21(23)26/h2-3,5-6,9-10,15,17-18,20,22,32H,4,7-8,11-14,16H2,1H3/t20-,22-/m0/s1. The summed E-state index contributed by atoms with van der Waals surface area (Å²) in [6, 6.07) is 13.1. The number of fused-ring (bicyclic) bond motifs is 2. The Morgan fingerprint density at radius 3 is 2.85 bits per heavy atom. The first-order chi connectivity index (χ1) is 18.9. The van der Waals surface area contributed by atoms with Crippen LogP contribution >= 0.6 is 11.3 Å². The van der Waals surface area contributed by atoms with Gasteiger partial charge in [0.25, 0.3) is 0 Å². The Balaban J connectivity index is 1.34. The normalized spacial score (nSPS) is 22.4. The van der Waals surface area contributed by atoms with E-state index in [1.165, 1.54) is 28.8 Å². The van der Waals surface area contributed by atoms with E-state index in [-0.39, 0.29) is 41.8 Å². The number of ether oxygens (including phenoxy) is 2. The predicted molar refractivity (Wildman–Crippen MR) is 147 cm³/mol. The van der Waals surface area contributed by atoms with Gasteiger partial charge in [0.05, 0.1) is 11.6 Å². The molecule has 3 aliphatic rings. The van der Waals surface area contributed by atoms with Gasteiger partial charge >= 0.3 is 12.0 Å². The van der Waals surface area contributed by atoms with Gasteiger partial charge < -0.3 is 24.6 Å². The van der Waals surface area contributed by atoms with Crippen molar-refractivity contribution in [2.75, 3.05) is 43.2 Å². The lowest BCUT2D eigenvalue weighted by Gasteiger charge is -2.37. The van der Waals surface area contributed by atoms with Crippen LogP contribution in [0.25, 0.3) is 10.1 Å². The topological polar surface area (TPSA) is 71.1 Å². The largest absolute Gasteiger partial charge is 0.482 e. The van der Waals surface area contributed by atoms with E-state index >= 15 is 0 Å². The van der Waals surface area contributed by atoms with E-state index in [1.807, 2.05) is 17.0 Å². The van der Waals surface area contributed by atoms with Crippen molar-refractivity contribution in [3.63, 3.8) is 0 Å². The van der Waals surface area contributed by atoms with Crippen LogP contribution in [-0.4, -0.2) is 57.3 Å². The van der Waals surface area contributed by atoms with Crippen molar-refractivity contribution >= 4 is 44.6 Å². The lowest BCUT2D eigenvalue weighted by atomic mass is 9.80. The third-order valence-corrected chi connectivity index (χ3v) is 8.81. The van der Waals surface area contributed by atoms with Crippen molar-refractivity contribution in [1.29, 1.82) is 0 Å². The molecule has 206 valence electrons. The maximum Gasteiger partial charge on any atom is 0.482 e. The molecule has 10 heteroatoms. The maximum atomic E-state index is 14.4. The SMILES string of the molecule is COCCCN1C(=O)C(F)(F)Oc2ccc(N(C(=O)[C@H]3CNCC[C@@H]3c3csc4ccccc34)C3CC3)cc21. The molecule has 0 unspecified atom stereocenters. The average Bonchev–Trinajstić information content (AvgIpc) is 3.68. The van der Waals surface area contributed by atoms with Gasteiger partial charge in [-0.05, 0) is 78.7 Å². The Morgan fingerprint density at radius 2 is 2.05 bits per heavy atom. The molecule has 0 spiro atoms. The lowest BCUT2D eigenvalue weighted by molar-refractivity contribution is -0.192. The number of benzene rings is 2. The average molecular weight is 556 g/mol. The Morgan fingerprint density at radius 1 is 1.23 bits per heavy atom. The Labute approximate surface area is 229 Å². The lowest BCUT2D eigenvalue weighted by Crippen LogP contribution is -2.51. The third kappa shape index (κ3) is 4.90. The van der Waals surface area contributed by atoms with Gasteiger partial charge in [0, 0.05) is 43.2 Å². The van der Waals surface area contributed by atoms with Crippen molar-refractivity contribution in [1.82, 2.24) is 5.32 Å². The Bertz CT molecular complexity index is 1390. The number of nitrogens with one attached hydrogen (secondary N) is 1. The van der Waals surface area contributed by atoms with Crippen LogP contribution in [0.3, 0.4) is 0 Å². The second-order valence-corrected chi connectivity index (χ2v) is 11.3. The van der Waals surface area contributed by atoms with E-state index in [0.29, 0.717) is 25.3 Å². The number of methoxy groups -OCH3 is 1. The van der Waals surface area contributed by atoms with Gasteiger partial charge in [-0.2, -0.15) is 8.78 Å². The van der Waals surface area contributed by atoms with Gasteiger partial charge in [0.1, 0.15) is 0 Å². The number of carbonyl (C=O) groups is 2. The van der Waals surface area contributed by atoms with E-state index in [1.54, 1.807) is 23.5 Å². The highest BCUT2D eigenvalue weighted by molar-refractivity contribution is 7.17. The quantitative estimate of drug-likeness (QED) is 0.390. The molecule has 1 aliphatic carbocycles. The van der Waals surface area contributed by atoms with E-state index in [9.17, 15) is 18.4 Å². The van der Waals surface area contributed by atoms with Crippen LogP contribution in [0.15, 0.2) is 47.8 Å². The van der Waals surface area contributed by atoms with Crippen molar-refractivity contribution in [2.45, 2.75) is 43.8 Å². The van der Waals surface area contributed by atoms with Crippen LogP contribution in [-0.2, 0) is 14.3 Å². The van der Waals surface area contributed by atoms with E-state index in [2.05, 4.69) is 22.8 Å². The smallest absolute Gasteiger partial charge is 0.423 e. The molecule has 2 aromatic carbocycles. The van der Waals surface area contributed by atoms with E-state index in [0.717, 1.165) is 30.7 Å². The summed E-state index contributed by atoms with van der Waals surface area (Å²) in [5.74, 6) is -1.67. The zero-order valence-corrected chi connectivity index (χ0v) is 22.5. The van der Waals surface area contributed by atoms with Gasteiger partial charge in [-0.3, -0.25) is 9.59 Å². The molecule has 6 rings (SSSR count). The highest BCUT2D eigenvalue weighted by atomic mass is 32.1. The van der Waals surface area contributed by atoms with Gasteiger partial charge in [0.15, 0.2) is 5.75 Å². The molecule has 2 amide bonds. The Kier molecular flexibility index (Phi) is 7.03. The molecule has 2 fully saturated rings. The number of amides is 2. The number of nitrogens with zero attached hydrogens (tertiary/aromatic N) is 2. The van der Waals surface area contributed by atoms with E-state index in [4.69, 9.17) is 9.47 Å². The van der Waals surface area contributed by atoms with E-state index < -0.39 is 12.0 Å². The summed E-state index contributed by atoms with van der Waals surface area (Å²) < 4.78 is 39.8. The predicted octanol–water partition coefficient (Wildman–Crippen LogP) is 5.14. The first-order valence-corrected chi connectivity index (χ1v) is 14.3. The molecule has 1 saturated heterocycles. The van der Waals surface area contributed by atoms with Crippen LogP contribution in [0, 0.1) is 5.92 Å². The number of carbonyl (C=O) groups excluding carboxylic acids is 2. The number of rotatable bonds is 8. The van der Waals surface area contributed by atoms with Crippen molar-refractivity contribution in [3.8, 4) is 5.75 Å². The van der Waals surface area contributed by atoms with Gasteiger partial charge in [-0.1, -0.05) is 18.2 Å². The summed E-state index contributed by atoms with van der Waals surface area (Å²) in [4.78, 5) is 29.8. The Hall–Kier alpha value is -3.08. The maximum absolute atomic E-state index is 14.4. The molecule has 1 saturated carbocycles. The second-order valence-electron chi connectivity index (χ2n) is 10.4. The summed E-state index contributed by atoms with van der Waals surface area (Å²) in [7, 11) is 1.52. The molecule has 3 heterocycles.